The fraction of sp³-hybridized carbons (Fsp3) is 0.667. The molecule has 12 heavy (non-hydrogen) atoms. The Bertz CT molecular complexity index is 150. The molecule has 0 spiro atoms. The predicted molar refractivity (Wildman–Crippen MR) is 54.1 cm³/mol. The Morgan fingerprint density at radius 3 is 2.67 bits per heavy atom. The van der Waals surface area contributed by atoms with E-state index in [4.69, 9.17) is 5.73 Å². The number of rotatable bonds is 5. The van der Waals surface area contributed by atoms with Crippen LogP contribution in [-0.2, 0) is 0 Å². The highest BCUT2D eigenvalue weighted by molar-refractivity contribution is 5.55. The minimum absolute atomic E-state index is 0.161. The first-order valence-electron chi connectivity index (χ1n) is 4.29. The maximum atomic E-state index is 5.77. The summed E-state index contributed by atoms with van der Waals surface area (Å²) < 4.78 is 0. The summed E-state index contributed by atoms with van der Waals surface area (Å²) in [5.41, 5.74) is 5.77. The second-order valence-electron chi connectivity index (χ2n) is 3.07. The molecule has 0 amide bonds. The molecule has 0 aromatic carbocycles. The number of nitrogens with zero attached hydrogens (tertiary/aromatic N) is 1. The molecule has 3 nitrogen and oxygen atoms in total. The molecule has 0 aliphatic rings. The zero-order valence-corrected chi connectivity index (χ0v) is 8.12. The van der Waals surface area contributed by atoms with Crippen molar-refractivity contribution in [3.8, 4) is 0 Å². The van der Waals surface area contributed by atoms with E-state index in [1.54, 1.807) is 6.34 Å². The van der Waals surface area contributed by atoms with Crippen molar-refractivity contribution < 1.29 is 0 Å². The molecule has 1 atom stereocenters. The van der Waals surface area contributed by atoms with Gasteiger partial charge in [-0.1, -0.05) is 19.9 Å². The van der Waals surface area contributed by atoms with Crippen molar-refractivity contribution in [1.29, 1.82) is 0 Å². The van der Waals surface area contributed by atoms with Crippen LogP contribution in [-0.4, -0.2) is 18.9 Å². The lowest BCUT2D eigenvalue weighted by atomic mass is 10.1. The zero-order valence-electron chi connectivity index (χ0n) is 8.12. The smallest absolute Gasteiger partial charge is 0.0863 e. The molecule has 0 aliphatic carbocycles. The van der Waals surface area contributed by atoms with Crippen molar-refractivity contribution in [3.05, 3.63) is 12.3 Å². The van der Waals surface area contributed by atoms with Gasteiger partial charge in [0.1, 0.15) is 0 Å². The maximum Gasteiger partial charge on any atom is 0.0863 e. The van der Waals surface area contributed by atoms with Crippen molar-refractivity contribution >= 4 is 6.34 Å². The van der Waals surface area contributed by atoms with Crippen LogP contribution in [0.5, 0.6) is 0 Å². The maximum absolute atomic E-state index is 5.77. The third-order valence-corrected chi connectivity index (χ3v) is 1.60. The molecule has 0 heterocycles. The van der Waals surface area contributed by atoms with E-state index >= 15 is 0 Å². The number of hydrogen-bond acceptors (Lipinski definition) is 2. The monoisotopic (exact) mass is 169 g/mol. The lowest BCUT2D eigenvalue weighted by molar-refractivity contribution is 0.502. The summed E-state index contributed by atoms with van der Waals surface area (Å²) in [6.07, 6.45) is 5.40. The Morgan fingerprint density at radius 1 is 1.50 bits per heavy atom. The van der Waals surface area contributed by atoms with Crippen LogP contribution in [0.15, 0.2) is 17.3 Å². The van der Waals surface area contributed by atoms with Gasteiger partial charge < -0.3 is 11.1 Å². The lowest BCUT2D eigenvalue weighted by Gasteiger charge is -2.11. The van der Waals surface area contributed by atoms with Gasteiger partial charge in [-0.25, -0.2) is 0 Å². The van der Waals surface area contributed by atoms with Crippen molar-refractivity contribution in [2.75, 3.05) is 6.54 Å². The van der Waals surface area contributed by atoms with Gasteiger partial charge in [0.2, 0.25) is 0 Å². The third-order valence-electron chi connectivity index (χ3n) is 1.60. The van der Waals surface area contributed by atoms with Crippen LogP contribution in [0.1, 0.15) is 20.8 Å². The van der Waals surface area contributed by atoms with E-state index in [2.05, 4.69) is 24.2 Å². The van der Waals surface area contributed by atoms with Crippen molar-refractivity contribution in [2.24, 2.45) is 16.6 Å². The van der Waals surface area contributed by atoms with Crippen LogP contribution in [0.2, 0.25) is 0 Å². The summed E-state index contributed by atoms with van der Waals surface area (Å²) in [6, 6.07) is 0.161. The van der Waals surface area contributed by atoms with Crippen molar-refractivity contribution in [1.82, 2.24) is 5.32 Å². The number of allylic oxidation sites excluding steroid dienone is 1. The van der Waals surface area contributed by atoms with Gasteiger partial charge >= 0.3 is 0 Å². The summed E-state index contributed by atoms with van der Waals surface area (Å²) in [7, 11) is 0. The fourth-order valence-electron chi connectivity index (χ4n) is 0.577. The minimum atomic E-state index is 0.161. The Morgan fingerprint density at radius 2 is 2.17 bits per heavy atom. The van der Waals surface area contributed by atoms with Crippen LogP contribution in [0.25, 0.3) is 0 Å². The molecule has 3 N–H and O–H groups in total. The highest BCUT2D eigenvalue weighted by Crippen LogP contribution is 1.97. The van der Waals surface area contributed by atoms with Crippen LogP contribution in [0.4, 0.5) is 0 Å². The second-order valence-corrected chi connectivity index (χ2v) is 3.07. The third kappa shape index (κ3) is 5.92. The highest BCUT2D eigenvalue weighted by Gasteiger charge is 2.04. The van der Waals surface area contributed by atoms with E-state index in [1.165, 1.54) is 0 Å². The average Bonchev–Trinajstić information content (AvgIpc) is 2.03. The zero-order chi connectivity index (χ0) is 9.40. The number of nitrogens with one attached hydrogen (secondary N) is 1. The van der Waals surface area contributed by atoms with Crippen LogP contribution < -0.4 is 11.1 Å². The van der Waals surface area contributed by atoms with Crippen LogP contribution in [0, 0.1) is 5.92 Å². The first-order valence-corrected chi connectivity index (χ1v) is 4.29. The SMILES string of the molecule is C/C=C\NC=NCC(N)C(C)C. The van der Waals surface area contributed by atoms with Crippen molar-refractivity contribution in [2.45, 2.75) is 26.8 Å². The largest absolute Gasteiger partial charge is 0.353 e. The normalized spacial score (nSPS) is 14.8. The van der Waals surface area contributed by atoms with Gasteiger partial charge in [-0.3, -0.25) is 4.99 Å². The van der Waals surface area contributed by atoms with Gasteiger partial charge in [0.25, 0.3) is 0 Å². The Balaban J connectivity index is 3.46. The van der Waals surface area contributed by atoms with Gasteiger partial charge in [0, 0.05) is 6.04 Å². The molecule has 0 saturated carbocycles. The standard InChI is InChI=1S/C9H19N3/c1-4-5-11-7-12-6-9(10)8(2)3/h4-5,7-9H,6,10H2,1-3H3,(H,11,12)/b5-4-. The molecule has 0 saturated heterocycles. The van der Waals surface area contributed by atoms with Gasteiger partial charge in [0.15, 0.2) is 0 Å². The number of aliphatic imine (C=N–C) groups is 1. The molecule has 1 unspecified atom stereocenters. The molecule has 0 aromatic rings. The summed E-state index contributed by atoms with van der Waals surface area (Å²) in [5.74, 6) is 0.490. The molecule has 0 radical (unpaired) electrons. The number of nitrogens with two attached hydrogens (primary N) is 1. The Kier molecular flexibility index (Phi) is 6.38. The molecular weight excluding hydrogens is 150 g/mol. The lowest BCUT2D eigenvalue weighted by Crippen LogP contribution is -2.29. The molecule has 0 fully saturated rings. The van der Waals surface area contributed by atoms with Gasteiger partial charge in [0.05, 0.1) is 12.9 Å². The Hall–Kier alpha value is -0.830. The summed E-state index contributed by atoms with van der Waals surface area (Å²) in [5, 5.41) is 2.90. The quantitative estimate of drug-likeness (QED) is 0.478. The first kappa shape index (κ1) is 11.2. The Labute approximate surface area is 74.8 Å². The fourth-order valence-corrected chi connectivity index (χ4v) is 0.577. The van der Waals surface area contributed by atoms with Crippen LogP contribution in [0.3, 0.4) is 0 Å². The molecule has 0 rings (SSSR count). The molecule has 70 valence electrons. The predicted octanol–water partition coefficient (Wildman–Crippen LogP) is 1.12. The molecule has 3 heteroatoms. The molecule has 0 aliphatic heterocycles. The minimum Gasteiger partial charge on any atom is -0.353 e. The average molecular weight is 169 g/mol. The topological polar surface area (TPSA) is 50.4 Å². The molecule has 0 bridgehead atoms. The first-order chi connectivity index (χ1) is 5.68. The van der Waals surface area contributed by atoms with Gasteiger partial charge in [-0.15, -0.1) is 0 Å². The van der Waals surface area contributed by atoms with Crippen molar-refractivity contribution in [3.63, 3.8) is 0 Å². The number of hydrogen-bond donors (Lipinski definition) is 2. The van der Waals surface area contributed by atoms with E-state index in [-0.39, 0.29) is 6.04 Å². The van der Waals surface area contributed by atoms with E-state index < -0.39 is 0 Å². The van der Waals surface area contributed by atoms with E-state index in [0.29, 0.717) is 12.5 Å². The summed E-state index contributed by atoms with van der Waals surface area (Å²) in [6.45, 7) is 6.82. The van der Waals surface area contributed by atoms with Gasteiger partial charge in [-0.2, -0.15) is 0 Å². The summed E-state index contributed by atoms with van der Waals surface area (Å²) in [4.78, 5) is 4.12. The van der Waals surface area contributed by atoms with Crippen LogP contribution >= 0.6 is 0 Å². The summed E-state index contributed by atoms with van der Waals surface area (Å²) >= 11 is 0. The molecule has 0 aromatic heterocycles. The highest BCUT2D eigenvalue weighted by atomic mass is 14.9. The van der Waals surface area contributed by atoms with E-state index in [9.17, 15) is 0 Å². The van der Waals surface area contributed by atoms with Gasteiger partial charge in [-0.05, 0) is 19.0 Å². The second kappa shape index (κ2) is 6.85. The van der Waals surface area contributed by atoms with E-state index in [1.807, 2.05) is 19.2 Å². The molecular formula is C9H19N3. The van der Waals surface area contributed by atoms with E-state index in [0.717, 1.165) is 0 Å².